The molecule has 1 amide bonds. The molecule has 2 aromatic carbocycles. The van der Waals surface area contributed by atoms with Crippen LogP contribution in [0, 0.1) is 11.3 Å². The van der Waals surface area contributed by atoms with Crippen LogP contribution in [-0.4, -0.2) is 41.0 Å². The van der Waals surface area contributed by atoms with E-state index in [0.717, 1.165) is 30.6 Å². The van der Waals surface area contributed by atoms with Crippen molar-refractivity contribution < 1.29 is 19.0 Å². The summed E-state index contributed by atoms with van der Waals surface area (Å²) in [5.41, 5.74) is 2.21. The molecule has 33 heavy (non-hydrogen) atoms. The van der Waals surface area contributed by atoms with Gasteiger partial charge in [-0.25, -0.2) is 0 Å². The Bertz CT molecular complexity index is 1120. The maximum absolute atomic E-state index is 12.9. The normalized spacial score (nSPS) is 19.2. The van der Waals surface area contributed by atoms with Crippen molar-refractivity contribution in [1.29, 1.82) is 5.26 Å². The Morgan fingerprint density at radius 2 is 2.12 bits per heavy atom. The Labute approximate surface area is 203 Å². The second-order valence-electron chi connectivity index (χ2n) is 7.62. The third-order valence-corrected chi connectivity index (χ3v) is 6.75. The van der Waals surface area contributed by atoms with Crippen molar-refractivity contribution in [2.45, 2.75) is 32.5 Å². The lowest BCUT2D eigenvalue weighted by Gasteiger charge is -2.18. The van der Waals surface area contributed by atoms with Gasteiger partial charge in [-0.1, -0.05) is 48.2 Å². The number of amides is 1. The van der Waals surface area contributed by atoms with Gasteiger partial charge in [0.1, 0.15) is 10.9 Å². The van der Waals surface area contributed by atoms with Crippen LogP contribution in [0.4, 0.5) is 0 Å². The minimum absolute atomic E-state index is 0.0546. The van der Waals surface area contributed by atoms with E-state index in [1.54, 1.807) is 11.0 Å². The van der Waals surface area contributed by atoms with Gasteiger partial charge < -0.3 is 14.2 Å². The standard InChI is InChI=1S/C25H24N2O4S2/c1-2-29-22-12-17(9-10-21(22)31-16-19-7-4-3-6-18(19)14-26)13-23-24(28)27(25(32)33-23)15-20-8-5-11-30-20/h3-4,6-7,9-10,12-13,20H,2,5,8,11,15-16H2,1H3/b23-13-/t20-/m1/s1. The van der Waals surface area contributed by atoms with E-state index in [0.29, 0.717) is 39.4 Å². The van der Waals surface area contributed by atoms with Crippen LogP contribution >= 0.6 is 24.0 Å². The fourth-order valence-electron chi connectivity index (χ4n) is 3.71. The second-order valence-corrected chi connectivity index (χ2v) is 9.30. The molecule has 2 fully saturated rings. The quantitative estimate of drug-likeness (QED) is 0.392. The van der Waals surface area contributed by atoms with Crippen molar-refractivity contribution in [2.75, 3.05) is 19.8 Å². The molecule has 2 aromatic rings. The molecule has 0 aliphatic carbocycles. The zero-order valence-electron chi connectivity index (χ0n) is 18.3. The van der Waals surface area contributed by atoms with Gasteiger partial charge in [0.15, 0.2) is 11.5 Å². The van der Waals surface area contributed by atoms with Crippen LogP contribution in [0.5, 0.6) is 11.5 Å². The number of carbonyl (C=O) groups is 1. The van der Waals surface area contributed by atoms with E-state index in [-0.39, 0.29) is 18.6 Å². The molecule has 2 aliphatic rings. The summed E-state index contributed by atoms with van der Waals surface area (Å²) < 4.78 is 18.0. The monoisotopic (exact) mass is 480 g/mol. The predicted octanol–water partition coefficient (Wildman–Crippen LogP) is 4.92. The Morgan fingerprint density at radius 3 is 2.88 bits per heavy atom. The number of carbonyl (C=O) groups excluding carboxylic acids is 1. The van der Waals surface area contributed by atoms with Crippen molar-refractivity contribution in [2.24, 2.45) is 0 Å². The van der Waals surface area contributed by atoms with Gasteiger partial charge in [0.05, 0.1) is 35.8 Å². The van der Waals surface area contributed by atoms with Crippen molar-refractivity contribution in [3.63, 3.8) is 0 Å². The van der Waals surface area contributed by atoms with Crippen LogP contribution in [0.15, 0.2) is 47.4 Å². The number of benzene rings is 2. The number of rotatable bonds is 8. The van der Waals surface area contributed by atoms with Gasteiger partial charge >= 0.3 is 0 Å². The first-order chi connectivity index (χ1) is 16.1. The predicted molar refractivity (Wildman–Crippen MR) is 132 cm³/mol. The minimum Gasteiger partial charge on any atom is -0.490 e. The topological polar surface area (TPSA) is 71.8 Å². The molecule has 0 unspecified atom stereocenters. The molecule has 0 N–H and O–H groups in total. The minimum atomic E-state index is -0.0908. The van der Waals surface area contributed by atoms with Gasteiger partial charge in [-0.2, -0.15) is 5.26 Å². The number of nitrogens with zero attached hydrogens (tertiary/aromatic N) is 2. The smallest absolute Gasteiger partial charge is 0.266 e. The second kappa shape index (κ2) is 10.8. The summed E-state index contributed by atoms with van der Waals surface area (Å²) in [6.07, 6.45) is 3.85. The van der Waals surface area contributed by atoms with Crippen molar-refractivity contribution in [1.82, 2.24) is 4.90 Å². The summed E-state index contributed by atoms with van der Waals surface area (Å²) in [6, 6.07) is 15.1. The lowest BCUT2D eigenvalue weighted by molar-refractivity contribution is -0.123. The SMILES string of the molecule is CCOc1cc(/C=C2\SC(=S)N(C[C@H]3CCCO3)C2=O)ccc1OCc1ccccc1C#N. The summed E-state index contributed by atoms with van der Waals surface area (Å²) in [6.45, 7) is 3.87. The van der Waals surface area contributed by atoms with E-state index in [9.17, 15) is 10.1 Å². The molecule has 2 aliphatic heterocycles. The number of hydrogen-bond donors (Lipinski definition) is 0. The van der Waals surface area contributed by atoms with Gasteiger partial charge in [-0.15, -0.1) is 0 Å². The molecular weight excluding hydrogens is 456 g/mol. The summed E-state index contributed by atoms with van der Waals surface area (Å²) in [4.78, 5) is 15.1. The van der Waals surface area contributed by atoms with E-state index in [1.807, 2.05) is 49.4 Å². The van der Waals surface area contributed by atoms with Gasteiger partial charge in [-0.3, -0.25) is 9.69 Å². The highest BCUT2D eigenvalue weighted by molar-refractivity contribution is 8.26. The van der Waals surface area contributed by atoms with Crippen LogP contribution in [-0.2, 0) is 16.1 Å². The van der Waals surface area contributed by atoms with Crippen LogP contribution in [0.3, 0.4) is 0 Å². The van der Waals surface area contributed by atoms with Crippen LogP contribution < -0.4 is 9.47 Å². The molecule has 8 heteroatoms. The largest absolute Gasteiger partial charge is 0.490 e. The summed E-state index contributed by atoms with van der Waals surface area (Å²) in [7, 11) is 0. The van der Waals surface area contributed by atoms with Crippen molar-refractivity contribution in [3.8, 4) is 17.6 Å². The number of nitriles is 1. The average Bonchev–Trinajstić information content (AvgIpc) is 3.43. The first-order valence-corrected chi connectivity index (χ1v) is 12.1. The van der Waals surface area contributed by atoms with Gasteiger partial charge in [-0.05, 0) is 49.6 Å². The molecule has 4 rings (SSSR count). The highest BCUT2D eigenvalue weighted by Crippen LogP contribution is 2.35. The van der Waals surface area contributed by atoms with Gasteiger partial charge in [0.25, 0.3) is 5.91 Å². The Hall–Kier alpha value is -2.86. The summed E-state index contributed by atoms with van der Waals surface area (Å²) >= 11 is 6.74. The molecule has 0 spiro atoms. The highest BCUT2D eigenvalue weighted by atomic mass is 32.2. The molecule has 0 saturated carbocycles. The third-order valence-electron chi connectivity index (χ3n) is 5.37. The number of hydrogen-bond acceptors (Lipinski definition) is 7. The molecule has 0 radical (unpaired) electrons. The molecule has 1 atom stereocenters. The first kappa shape index (κ1) is 23.3. The van der Waals surface area contributed by atoms with Gasteiger partial charge in [0.2, 0.25) is 0 Å². The van der Waals surface area contributed by atoms with E-state index >= 15 is 0 Å². The molecule has 6 nitrogen and oxygen atoms in total. The molecule has 0 bridgehead atoms. The highest BCUT2D eigenvalue weighted by Gasteiger charge is 2.34. The Balaban J connectivity index is 1.50. The van der Waals surface area contributed by atoms with Crippen LogP contribution in [0.1, 0.15) is 36.5 Å². The first-order valence-electron chi connectivity index (χ1n) is 10.8. The Morgan fingerprint density at radius 1 is 1.27 bits per heavy atom. The van der Waals surface area contributed by atoms with E-state index in [4.69, 9.17) is 26.4 Å². The fraction of sp³-hybridized carbons (Fsp3) is 0.320. The lowest BCUT2D eigenvalue weighted by atomic mass is 10.1. The molecule has 170 valence electrons. The van der Waals surface area contributed by atoms with Crippen molar-refractivity contribution in [3.05, 3.63) is 64.1 Å². The van der Waals surface area contributed by atoms with Crippen LogP contribution in [0.2, 0.25) is 0 Å². The van der Waals surface area contributed by atoms with E-state index < -0.39 is 0 Å². The van der Waals surface area contributed by atoms with E-state index in [2.05, 4.69) is 6.07 Å². The summed E-state index contributed by atoms with van der Waals surface area (Å²) in [5, 5.41) is 9.28. The van der Waals surface area contributed by atoms with Crippen LogP contribution in [0.25, 0.3) is 6.08 Å². The lowest BCUT2D eigenvalue weighted by Crippen LogP contribution is -2.35. The molecule has 2 heterocycles. The zero-order valence-corrected chi connectivity index (χ0v) is 19.9. The van der Waals surface area contributed by atoms with Crippen molar-refractivity contribution >= 4 is 40.3 Å². The fourth-order valence-corrected chi connectivity index (χ4v) is 4.99. The number of thioether (sulfide) groups is 1. The maximum Gasteiger partial charge on any atom is 0.266 e. The zero-order chi connectivity index (χ0) is 23.2. The van der Waals surface area contributed by atoms with E-state index in [1.165, 1.54) is 11.8 Å². The summed E-state index contributed by atoms with van der Waals surface area (Å²) in [5.74, 6) is 1.06. The maximum atomic E-state index is 12.9. The average molecular weight is 481 g/mol. The molecule has 0 aromatic heterocycles. The molecule has 2 saturated heterocycles. The Kier molecular flexibility index (Phi) is 7.65. The number of ether oxygens (including phenoxy) is 3. The van der Waals surface area contributed by atoms with Gasteiger partial charge in [0, 0.05) is 12.2 Å². The number of thiocarbonyl (C=S) groups is 1. The molecular formula is C25H24N2O4S2. The third kappa shape index (κ3) is 5.56.